The van der Waals surface area contributed by atoms with E-state index in [2.05, 4.69) is 27.2 Å². The third-order valence-electron chi connectivity index (χ3n) is 2.61. The van der Waals surface area contributed by atoms with E-state index < -0.39 is 0 Å². The van der Waals surface area contributed by atoms with E-state index in [1.807, 2.05) is 0 Å². The van der Waals surface area contributed by atoms with Gasteiger partial charge in [0.1, 0.15) is 7.28 Å². The van der Waals surface area contributed by atoms with Crippen LogP contribution in [-0.2, 0) is 0 Å². The molecule has 0 amide bonds. The van der Waals surface area contributed by atoms with Gasteiger partial charge >= 0.3 is 0 Å². The molecule has 1 unspecified atom stereocenters. The Bertz CT molecular complexity index is 129. The highest BCUT2D eigenvalue weighted by molar-refractivity contribution is 6.34. The summed E-state index contributed by atoms with van der Waals surface area (Å²) in [6.45, 7) is 11.0. The molecule has 0 aromatic heterocycles. The molecule has 0 N–H and O–H groups in total. The summed E-state index contributed by atoms with van der Waals surface area (Å²) >= 11 is 0. The molecule has 0 nitrogen and oxygen atoms in total. The predicted molar refractivity (Wildman–Crippen MR) is 64.9 cm³/mol. The molecule has 0 heterocycles. The Morgan fingerprint density at radius 3 is 2.62 bits per heavy atom. The van der Waals surface area contributed by atoms with Crippen molar-refractivity contribution in [3.8, 4) is 0 Å². The summed E-state index contributed by atoms with van der Waals surface area (Å²) in [5.41, 5.74) is 1.45. The molecule has 0 saturated heterocycles. The molecule has 0 aliphatic heterocycles. The minimum atomic E-state index is 0.916. The van der Waals surface area contributed by atoms with E-state index in [0.717, 1.165) is 5.92 Å². The highest BCUT2D eigenvalue weighted by Gasteiger charge is 2.00. The van der Waals surface area contributed by atoms with Crippen LogP contribution in [0.4, 0.5) is 0 Å². The van der Waals surface area contributed by atoms with E-state index in [9.17, 15) is 0 Å². The zero-order valence-electron chi connectivity index (χ0n) is 9.73. The molecule has 0 aliphatic carbocycles. The minimum absolute atomic E-state index is 0.916. The Hall–Kier alpha value is -0.195. The van der Waals surface area contributed by atoms with Crippen LogP contribution in [-0.4, -0.2) is 7.28 Å². The van der Waals surface area contributed by atoms with Gasteiger partial charge in [0.05, 0.1) is 0 Å². The SMILES string of the molecule is C=C(CBC)CCCC(C)CCC. The lowest BCUT2D eigenvalue weighted by atomic mass is 9.74. The van der Waals surface area contributed by atoms with Crippen molar-refractivity contribution in [3.05, 3.63) is 12.2 Å². The Morgan fingerprint density at radius 1 is 1.38 bits per heavy atom. The van der Waals surface area contributed by atoms with Crippen molar-refractivity contribution in [2.45, 2.75) is 59.1 Å². The second-order valence-electron chi connectivity index (χ2n) is 4.29. The van der Waals surface area contributed by atoms with Crippen LogP contribution in [0.2, 0.25) is 13.1 Å². The molecule has 0 spiro atoms. The molecule has 0 saturated carbocycles. The first-order valence-corrected chi connectivity index (χ1v) is 5.87. The van der Waals surface area contributed by atoms with Crippen LogP contribution in [0.3, 0.4) is 0 Å². The van der Waals surface area contributed by atoms with E-state index in [0.29, 0.717) is 0 Å². The van der Waals surface area contributed by atoms with Crippen LogP contribution >= 0.6 is 0 Å². The van der Waals surface area contributed by atoms with Gasteiger partial charge in [0.25, 0.3) is 0 Å². The molecule has 0 rings (SSSR count). The number of rotatable bonds is 8. The molecular formula is C12H25B. The van der Waals surface area contributed by atoms with E-state index >= 15 is 0 Å². The van der Waals surface area contributed by atoms with Gasteiger partial charge in [-0.15, -0.1) is 6.58 Å². The van der Waals surface area contributed by atoms with Gasteiger partial charge in [-0.2, -0.15) is 0 Å². The smallest absolute Gasteiger partial charge is 0.101 e. The quantitative estimate of drug-likeness (QED) is 0.390. The number of hydrogen-bond donors (Lipinski definition) is 0. The Kier molecular flexibility index (Phi) is 8.28. The zero-order valence-corrected chi connectivity index (χ0v) is 9.73. The van der Waals surface area contributed by atoms with Gasteiger partial charge in [0.2, 0.25) is 0 Å². The molecule has 0 radical (unpaired) electrons. The average Bonchev–Trinajstić information content (AvgIpc) is 2.05. The first-order valence-electron chi connectivity index (χ1n) is 5.87. The van der Waals surface area contributed by atoms with Crippen molar-refractivity contribution in [2.75, 3.05) is 0 Å². The van der Waals surface area contributed by atoms with Gasteiger partial charge < -0.3 is 0 Å². The predicted octanol–water partition coefficient (Wildman–Crippen LogP) is 4.05. The van der Waals surface area contributed by atoms with Crippen molar-refractivity contribution in [1.82, 2.24) is 0 Å². The van der Waals surface area contributed by atoms with Crippen LogP contribution in [0, 0.1) is 5.92 Å². The molecule has 76 valence electrons. The van der Waals surface area contributed by atoms with Gasteiger partial charge in [-0.05, 0) is 18.8 Å². The Balaban J connectivity index is 3.28. The fourth-order valence-electron chi connectivity index (χ4n) is 1.82. The molecule has 0 aliphatic rings. The lowest BCUT2D eigenvalue weighted by Gasteiger charge is -2.09. The first-order chi connectivity index (χ1) is 6.20. The van der Waals surface area contributed by atoms with Crippen molar-refractivity contribution in [3.63, 3.8) is 0 Å². The number of hydrogen-bond acceptors (Lipinski definition) is 0. The van der Waals surface area contributed by atoms with Crippen LogP contribution in [0.1, 0.15) is 46.0 Å². The fourth-order valence-corrected chi connectivity index (χ4v) is 1.82. The maximum absolute atomic E-state index is 4.09. The number of allylic oxidation sites excluding steroid dienone is 1. The molecule has 1 heteroatoms. The van der Waals surface area contributed by atoms with E-state index in [4.69, 9.17) is 0 Å². The Morgan fingerprint density at radius 2 is 2.08 bits per heavy atom. The summed E-state index contributed by atoms with van der Waals surface area (Å²) in [4.78, 5) is 0. The topological polar surface area (TPSA) is 0 Å². The van der Waals surface area contributed by atoms with Crippen molar-refractivity contribution in [1.29, 1.82) is 0 Å². The summed E-state index contributed by atoms with van der Waals surface area (Å²) in [5, 5.41) is 0. The highest BCUT2D eigenvalue weighted by Crippen LogP contribution is 2.16. The molecule has 13 heavy (non-hydrogen) atoms. The second kappa shape index (κ2) is 8.41. The van der Waals surface area contributed by atoms with Crippen LogP contribution in [0.15, 0.2) is 12.2 Å². The van der Waals surface area contributed by atoms with E-state index in [-0.39, 0.29) is 0 Å². The molecule has 0 aromatic carbocycles. The van der Waals surface area contributed by atoms with Gasteiger partial charge in [-0.1, -0.05) is 51.8 Å². The first kappa shape index (κ1) is 12.8. The summed E-state index contributed by atoms with van der Waals surface area (Å²) < 4.78 is 0. The zero-order chi connectivity index (χ0) is 10.1. The van der Waals surface area contributed by atoms with Crippen LogP contribution in [0.5, 0.6) is 0 Å². The summed E-state index contributed by atoms with van der Waals surface area (Å²) in [5.74, 6) is 0.916. The lowest BCUT2D eigenvalue weighted by Crippen LogP contribution is -1.94. The standard InChI is InChI=1S/C12H25B/c1-5-7-11(2)8-6-9-12(3)10-13-4/h11,13H,3,5-10H2,1-2,4H3. The molecule has 1 atom stereocenters. The monoisotopic (exact) mass is 180 g/mol. The Labute approximate surface area is 85.1 Å². The summed E-state index contributed by atoms with van der Waals surface area (Å²) in [7, 11) is 1.25. The molecule has 0 bridgehead atoms. The maximum Gasteiger partial charge on any atom is 0.122 e. The van der Waals surface area contributed by atoms with Gasteiger partial charge in [-0.3, -0.25) is 0 Å². The van der Waals surface area contributed by atoms with Crippen molar-refractivity contribution >= 4 is 7.28 Å². The third kappa shape index (κ3) is 8.14. The second-order valence-corrected chi connectivity index (χ2v) is 4.29. The van der Waals surface area contributed by atoms with Crippen molar-refractivity contribution in [2.24, 2.45) is 5.92 Å². The van der Waals surface area contributed by atoms with E-state index in [1.54, 1.807) is 0 Å². The van der Waals surface area contributed by atoms with E-state index in [1.165, 1.54) is 51.3 Å². The summed E-state index contributed by atoms with van der Waals surface area (Å²) in [6, 6.07) is 0. The third-order valence-corrected chi connectivity index (χ3v) is 2.61. The highest BCUT2D eigenvalue weighted by atomic mass is 14.1. The normalized spacial score (nSPS) is 12.5. The lowest BCUT2D eigenvalue weighted by molar-refractivity contribution is 0.469. The average molecular weight is 180 g/mol. The molecule has 0 aromatic rings. The largest absolute Gasteiger partial charge is 0.122 e. The minimum Gasteiger partial charge on any atom is -0.101 e. The molecular weight excluding hydrogens is 155 g/mol. The maximum atomic E-state index is 4.09. The van der Waals surface area contributed by atoms with Gasteiger partial charge in [0, 0.05) is 0 Å². The fraction of sp³-hybridized carbons (Fsp3) is 0.833. The van der Waals surface area contributed by atoms with Gasteiger partial charge in [-0.25, -0.2) is 0 Å². The van der Waals surface area contributed by atoms with Crippen LogP contribution in [0.25, 0.3) is 0 Å². The van der Waals surface area contributed by atoms with Crippen molar-refractivity contribution < 1.29 is 0 Å². The van der Waals surface area contributed by atoms with Crippen LogP contribution < -0.4 is 0 Å². The van der Waals surface area contributed by atoms with Gasteiger partial charge in [0.15, 0.2) is 0 Å². The summed E-state index contributed by atoms with van der Waals surface area (Å²) in [6.07, 6.45) is 7.93. The molecule has 0 fully saturated rings.